The monoisotopic (exact) mass is 382 g/mol. The molecule has 2 fully saturated rings. The third kappa shape index (κ3) is 3.32. The van der Waals surface area contributed by atoms with E-state index in [2.05, 4.69) is 15.3 Å². The molecule has 2 atom stereocenters. The summed E-state index contributed by atoms with van der Waals surface area (Å²) in [5.74, 6) is 0.511. The van der Waals surface area contributed by atoms with E-state index in [0.717, 1.165) is 4.52 Å². The van der Waals surface area contributed by atoms with Crippen LogP contribution in [0.15, 0.2) is 12.1 Å². The van der Waals surface area contributed by atoms with Crippen LogP contribution in [0.1, 0.15) is 26.1 Å². The first-order valence-corrected chi connectivity index (χ1v) is 9.04. The average molecular weight is 382 g/mol. The molecule has 27 heavy (non-hydrogen) atoms. The van der Waals surface area contributed by atoms with Gasteiger partial charge < -0.3 is 9.80 Å². The maximum Gasteiger partial charge on any atom is 0.453 e. The number of amides is 1. The molecule has 2 aliphatic rings. The van der Waals surface area contributed by atoms with Crippen LogP contribution in [0.25, 0.3) is 5.65 Å². The van der Waals surface area contributed by atoms with Crippen molar-refractivity contribution < 1.29 is 18.0 Å². The fourth-order valence-corrected chi connectivity index (χ4v) is 3.99. The summed E-state index contributed by atoms with van der Waals surface area (Å²) in [4.78, 5) is 16.2. The van der Waals surface area contributed by atoms with Crippen LogP contribution in [0.5, 0.6) is 0 Å². The Labute approximate surface area is 154 Å². The summed E-state index contributed by atoms with van der Waals surface area (Å²) in [6.45, 7) is 6.82. The topological polar surface area (TPSA) is 66.6 Å². The second-order valence-electron chi connectivity index (χ2n) is 7.80. The highest BCUT2D eigenvalue weighted by Gasteiger charge is 2.42. The molecule has 7 nitrogen and oxygen atoms in total. The molecule has 146 valence electrons. The maximum atomic E-state index is 13.0. The van der Waals surface area contributed by atoms with Crippen LogP contribution >= 0.6 is 0 Å². The lowest BCUT2D eigenvalue weighted by Crippen LogP contribution is -2.34. The molecular formula is C17H21F3N6O. The van der Waals surface area contributed by atoms with Gasteiger partial charge >= 0.3 is 6.18 Å². The maximum absolute atomic E-state index is 13.0. The number of halogens is 3. The molecule has 0 spiro atoms. The van der Waals surface area contributed by atoms with E-state index in [1.807, 2.05) is 23.6 Å². The van der Waals surface area contributed by atoms with E-state index in [1.54, 1.807) is 6.07 Å². The molecule has 1 amide bonds. The van der Waals surface area contributed by atoms with E-state index >= 15 is 0 Å². The third-order valence-corrected chi connectivity index (χ3v) is 5.25. The van der Waals surface area contributed by atoms with E-state index in [9.17, 15) is 18.0 Å². The van der Waals surface area contributed by atoms with Crippen molar-refractivity contribution in [2.24, 2.45) is 17.8 Å². The second-order valence-corrected chi connectivity index (χ2v) is 7.80. The zero-order chi connectivity index (χ0) is 19.3. The summed E-state index contributed by atoms with van der Waals surface area (Å²) in [5.41, 5.74) is 0.0657. The predicted octanol–water partition coefficient (Wildman–Crippen LogP) is 2.08. The number of alkyl halides is 3. The molecule has 2 unspecified atom stereocenters. The Morgan fingerprint density at radius 2 is 1.81 bits per heavy atom. The molecule has 0 N–H and O–H groups in total. The quantitative estimate of drug-likeness (QED) is 0.813. The Balaban J connectivity index is 1.49. The van der Waals surface area contributed by atoms with Crippen molar-refractivity contribution in [1.29, 1.82) is 0 Å². The van der Waals surface area contributed by atoms with Gasteiger partial charge in [-0.3, -0.25) is 4.79 Å². The lowest BCUT2D eigenvalue weighted by molar-refractivity contribution is -0.146. The molecule has 0 aromatic carbocycles. The molecule has 2 aliphatic heterocycles. The van der Waals surface area contributed by atoms with Crippen LogP contribution < -0.4 is 4.90 Å². The second kappa shape index (κ2) is 6.35. The van der Waals surface area contributed by atoms with Gasteiger partial charge in [-0.25, -0.2) is 0 Å². The lowest BCUT2D eigenvalue weighted by Gasteiger charge is -2.23. The number of anilines is 1. The zero-order valence-electron chi connectivity index (χ0n) is 15.1. The van der Waals surface area contributed by atoms with E-state index < -0.39 is 12.0 Å². The highest BCUT2D eigenvalue weighted by molar-refractivity contribution is 5.76. The van der Waals surface area contributed by atoms with Crippen molar-refractivity contribution >= 4 is 17.4 Å². The predicted molar refractivity (Wildman–Crippen MR) is 91.0 cm³/mol. The number of rotatable bonds is 3. The van der Waals surface area contributed by atoms with Gasteiger partial charge in [0, 0.05) is 44.4 Å². The minimum absolute atomic E-state index is 0.0657. The highest BCUT2D eigenvalue weighted by atomic mass is 19.4. The summed E-state index contributed by atoms with van der Waals surface area (Å²) in [7, 11) is 0. The molecule has 4 rings (SSSR count). The molecule has 0 saturated carbocycles. The van der Waals surface area contributed by atoms with Crippen molar-refractivity contribution in [3.8, 4) is 0 Å². The van der Waals surface area contributed by atoms with Gasteiger partial charge in [0.15, 0.2) is 5.65 Å². The zero-order valence-corrected chi connectivity index (χ0v) is 15.1. The van der Waals surface area contributed by atoms with Crippen LogP contribution in [0.3, 0.4) is 0 Å². The number of carbonyl (C=O) groups excluding carboxylic acids is 1. The smallest absolute Gasteiger partial charge is 0.354 e. The van der Waals surface area contributed by atoms with Crippen molar-refractivity contribution in [3.63, 3.8) is 0 Å². The van der Waals surface area contributed by atoms with E-state index in [4.69, 9.17) is 0 Å². The Morgan fingerprint density at radius 1 is 1.15 bits per heavy atom. The van der Waals surface area contributed by atoms with Gasteiger partial charge in [0.05, 0.1) is 0 Å². The number of hydrogen-bond acceptors (Lipinski definition) is 5. The Kier molecular flexibility index (Phi) is 4.23. The first-order valence-electron chi connectivity index (χ1n) is 9.04. The van der Waals surface area contributed by atoms with E-state index in [-0.39, 0.29) is 11.6 Å². The van der Waals surface area contributed by atoms with E-state index in [0.29, 0.717) is 56.2 Å². The Hall–Kier alpha value is -2.39. The van der Waals surface area contributed by atoms with Crippen molar-refractivity contribution in [2.75, 3.05) is 31.1 Å². The third-order valence-electron chi connectivity index (χ3n) is 5.25. The van der Waals surface area contributed by atoms with Crippen molar-refractivity contribution in [1.82, 2.24) is 24.7 Å². The van der Waals surface area contributed by atoms with Crippen LogP contribution in [0, 0.1) is 17.8 Å². The van der Waals surface area contributed by atoms with Gasteiger partial charge in [0.25, 0.3) is 5.82 Å². The number of likely N-dealkylation sites (tertiary alicyclic amines) is 1. The SMILES string of the molecule is CC(C)CC(=O)N1CC2CN(c3ccc4nnc(C(F)(F)F)n4n3)CC2C1. The fraction of sp³-hybridized carbons (Fsp3) is 0.647. The Bertz CT molecular complexity index is 850. The van der Waals surface area contributed by atoms with Gasteiger partial charge in [-0.2, -0.15) is 17.7 Å². The van der Waals surface area contributed by atoms with Crippen LogP contribution in [0.2, 0.25) is 0 Å². The molecule has 2 aromatic heterocycles. The van der Waals surface area contributed by atoms with Crippen LogP contribution in [-0.2, 0) is 11.0 Å². The van der Waals surface area contributed by atoms with Crippen LogP contribution in [-0.4, -0.2) is 56.8 Å². The van der Waals surface area contributed by atoms with Crippen LogP contribution in [0.4, 0.5) is 19.0 Å². The number of fused-ring (bicyclic) bond motifs is 2. The van der Waals surface area contributed by atoms with Gasteiger partial charge in [0.1, 0.15) is 5.82 Å². The highest BCUT2D eigenvalue weighted by Crippen LogP contribution is 2.34. The molecule has 0 aliphatic carbocycles. The molecule has 0 bridgehead atoms. The fourth-order valence-electron chi connectivity index (χ4n) is 3.99. The normalized spacial score (nSPS) is 22.9. The molecule has 10 heteroatoms. The molecule has 0 radical (unpaired) electrons. The van der Waals surface area contributed by atoms with Gasteiger partial charge in [-0.05, 0) is 18.1 Å². The Morgan fingerprint density at radius 3 is 2.41 bits per heavy atom. The minimum Gasteiger partial charge on any atom is -0.354 e. The number of hydrogen-bond donors (Lipinski definition) is 0. The summed E-state index contributed by atoms with van der Waals surface area (Å²) >= 11 is 0. The molecule has 4 heterocycles. The number of nitrogens with zero attached hydrogens (tertiary/aromatic N) is 6. The molecule has 2 saturated heterocycles. The molecular weight excluding hydrogens is 361 g/mol. The number of aromatic nitrogens is 4. The summed E-state index contributed by atoms with van der Waals surface area (Å²) < 4.78 is 39.9. The summed E-state index contributed by atoms with van der Waals surface area (Å²) in [6.07, 6.45) is -4.06. The first kappa shape index (κ1) is 18.0. The van der Waals surface area contributed by atoms with Crippen molar-refractivity contribution in [3.05, 3.63) is 18.0 Å². The lowest BCUT2D eigenvalue weighted by atomic mass is 10.0. The van der Waals surface area contributed by atoms with Crippen molar-refractivity contribution in [2.45, 2.75) is 26.4 Å². The summed E-state index contributed by atoms with van der Waals surface area (Å²) in [6, 6.07) is 3.17. The first-order chi connectivity index (χ1) is 12.7. The van der Waals surface area contributed by atoms with Gasteiger partial charge in [-0.15, -0.1) is 15.3 Å². The summed E-state index contributed by atoms with van der Waals surface area (Å²) in [5, 5.41) is 10.9. The van der Waals surface area contributed by atoms with Gasteiger partial charge in [0.2, 0.25) is 5.91 Å². The number of carbonyl (C=O) groups is 1. The van der Waals surface area contributed by atoms with Gasteiger partial charge in [-0.1, -0.05) is 13.8 Å². The largest absolute Gasteiger partial charge is 0.453 e. The standard InChI is InChI=1S/C17H21F3N6O/c1-10(2)5-15(27)25-8-11-6-24(7-12(11)9-25)14-4-3-13-21-22-16(17(18,19)20)26(13)23-14/h3-4,10-12H,5-9H2,1-2H3. The van der Waals surface area contributed by atoms with E-state index in [1.165, 1.54) is 6.07 Å². The molecule has 2 aromatic rings. The average Bonchev–Trinajstić information content (AvgIpc) is 3.25. The minimum atomic E-state index is -4.61.